The van der Waals surface area contributed by atoms with Gasteiger partial charge in [-0.05, 0) is 30.3 Å². The van der Waals surface area contributed by atoms with Crippen LogP contribution in [-0.4, -0.2) is 24.4 Å². The lowest BCUT2D eigenvalue weighted by Crippen LogP contribution is -2.26. The summed E-state index contributed by atoms with van der Waals surface area (Å²) in [5.41, 5.74) is 3.24. The number of benzene rings is 3. The van der Waals surface area contributed by atoms with Crippen LogP contribution in [0.4, 0.5) is 0 Å². The first-order valence-corrected chi connectivity index (χ1v) is 12.6. The monoisotopic (exact) mass is 553 g/mol. The molecule has 6 aromatic rings. The fourth-order valence-electron chi connectivity index (χ4n) is 3.87. The van der Waals surface area contributed by atoms with E-state index in [-0.39, 0.29) is 16.2 Å². The molecule has 36 heavy (non-hydrogen) atoms. The molecule has 0 N–H and O–H groups in total. The average molecular weight is 554 g/mol. The van der Waals surface area contributed by atoms with Gasteiger partial charge in [0, 0.05) is 27.4 Å². The number of halogens is 1. The Bertz CT molecular complexity index is 1880. The number of thiazole rings is 1. The molecule has 0 amide bonds. The van der Waals surface area contributed by atoms with Gasteiger partial charge in [0.15, 0.2) is 5.69 Å². The Labute approximate surface area is 216 Å². The van der Waals surface area contributed by atoms with Gasteiger partial charge in [0.2, 0.25) is 4.96 Å². The average Bonchev–Trinajstić information content (AvgIpc) is 3.46. The molecule has 0 fully saturated rings. The van der Waals surface area contributed by atoms with Crippen LogP contribution >= 0.6 is 27.3 Å². The SMILES string of the molecule is O=c1nc2s/c(=C\c3cn(-c4ccccc4)nc3-c3ccc(Br)cc3)c(=O)n2nc1-c1ccccc1. The van der Waals surface area contributed by atoms with Gasteiger partial charge in [-0.3, -0.25) is 9.59 Å². The summed E-state index contributed by atoms with van der Waals surface area (Å²) in [5.74, 6) is 0. The van der Waals surface area contributed by atoms with Crippen molar-refractivity contribution in [3.63, 3.8) is 0 Å². The Hall–Kier alpha value is -4.21. The third kappa shape index (κ3) is 4.08. The van der Waals surface area contributed by atoms with Crippen molar-refractivity contribution in [3.05, 3.63) is 126 Å². The van der Waals surface area contributed by atoms with Crippen molar-refractivity contribution in [1.29, 1.82) is 0 Å². The molecule has 0 radical (unpaired) electrons. The van der Waals surface area contributed by atoms with Gasteiger partial charge >= 0.3 is 5.56 Å². The third-order valence-corrected chi connectivity index (χ3v) is 7.09. The molecule has 0 bridgehead atoms. The molecular weight excluding hydrogens is 538 g/mol. The summed E-state index contributed by atoms with van der Waals surface area (Å²) in [6.07, 6.45) is 3.66. The van der Waals surface area contributed by atoms with Crippen molar-refractivity contribution < 1.29 is 0 Å². The largest absolute Gasteiger partial charge is 0.300 e. The summed E-state index contributed by atoms with van der Waals surface area (Å²) >= 11 is 4.60. The van der Waals surface area contributed by atoms with Gasteiger partial charge in [-0.25, -0.2) is 4.68 Å². The molecule has 3 heterocycles. The molecule has 3 aromatic heterocycles. The van der Waals surface area contributed by atoms with Gasteiger partial charge < -0.3 is 0 Å². The molecular formula is C27H16BrN5O2S. The van der Waals surface area contributed by atoms with E-state index in [2.05, 4.69) is 26.0 Å². The molecule has 7 nitrogen and oxygen atoms in total. The fourth-order valence-corrected chi connectivity index (χ4v) is 5.02. The number of hydrogen-bond acceptors (Lipinski definition) is 6. The second-order valence-electron chi connectivity index (χ2n) is 7.96. The summed E-state index contributed by atoms with van der Waals surface area (Å²) in [5, 5.41) is 9.16. The van der Waals surface area contributed by atoms with Crippen LogP contribution in [0.1, 0.15) is 5.56 Å². The molecule has 0 saturated heterocycles. The van der Waals surface area contributed by atoms with Gasteiger partial charge in [0.25, 0.3) is 5.56 Å². The Balaban J connectivity index is 1.55. The van der Waals surface area contributed by atoms with Gasteiger partial charge in [0.05, 0.1) is 15.9 Å². The minimum Gasteiger partial charge on any atom is -0.266 e. The normalized spacial score (nSPS) is 11.9. The Kier molecular flexibility index (Phi) is 5.63. The van der Waals surface area contributed by atoms with Crippen LogP contribution < -0.4 is 15.7 Å². The van der Waals surface area contributed by atoms with Crippen LogP contribution in [0.15, 0.2) is 105 Å². The van der Waals surface area contributed by atoms with Crippen LogP contribution in [-0.2, 0) is 0 Å². The van der Waals surface area contributed by atoms with Crippen LogP contribution in [0.5, 0.6) is 0 Å². The van der Waals surface area contributed by atoms with E-state index in [1.807, 2.05) is 79.0 Å². The van der Waals surface area contributed by atoms with Crippen molar-refractivity contribution in [2.24, 2.45) is 0 Å². The van der Waals surface area contributed by atoms with Crippen molar-refractivity contribution in [1.82, 2.24) is 24.4 Å². The zero-order valence-corrected chi connectivity index (χ0v) is 21.0. The quantitative estimate of drug-likeness (QED) is 0.324. The van der Waals surface area contributed by atoms with Gasteiger partial charge in [-0.2, -0.15) is 19.7 Å². The number of fused-ring (bicyclic) bond motifs is 1. The van der Waals surface area contributed by atoms with Crippen molar-refractivity contribution >= 4 is 38.3 Å². The van der Waals surface area contributed by atoms with Gasteiger partial charge in [-0.15, -0.1) is 0 Å². The van der Waals surface area contributed by atoms with E-state index in [0.717, 1.165) is 38.3 Å². The highest BCUT2D eigenvalue weighted by atomic mass is 79.9. The Morgan fingerprint density at radius 3 is 2.17 bits per heavy atom. The predicted molar refractivity (Wildman–Crippen MR) is 144 cm³/mol. The maximum absolute atomic E-state index is 13.3. The Morgan fingerprint density at radius 2 is 1.44 bits per heavy atom. The molecule has 0 aliphatic rings. The van der Waals surface area contributed by atoms with Gasteiger partial charge in [0.1, 0.15) is 0 Å². The number of nitrogens with zero attached hydrogens (tertiary/aromatic N) is 5. The molecule has 0 aliphatic heterocycles. The number of hydrogen-bond donors (Lipinski definition) is 0. The maximum atomic E-state index is 13.3. The third-order valence-electron chi connectivity index (χ3n) is 5.60. The van der Waals surface area contributed by atoms with Crippen molar-refractivity contribution in [2.75, 3.05) is 0 Å². The number of rotatable bonds is 4. The topological polar surface area (TPSA) is 82.1 Å². The van der Waals surface area contributed by atoms with E-state index in [1.165, 1.54) is 4.52 Å². The summed E-state index contributed by atoms with van der Waals surface area (Å²) in [4.78, 5) is 30.3. The predicted octanol–water partition coefficient (Wildman–Crippen LogP) is 4.34. The lowest BCUT2D eigenvalue weighted by Gasteiger charge is -2.00. The van der Waals surface area contributed by atoms with Crippen molar-refractivity contribution in [3.8, 4) is 28.2 Å². The zero-order chi connectivity index (χ0) is 24.6. The molecule has 0 unspecified atom stereocenters. The maximum Gasteiger partial charge on any atom is 0.300 e. The molecule has 174 valence electrons. The van der Waals surface area contributed by atoms with E-state index in [0.29, 0.717) is 10.1 Å². The smallest absolute Gasteiger partial charge is 0.266 e. The van der Waals surface area contributed by atoms with E-state index >= 15 is 0 Å². The highest BCUT2D eigenvalue weighted by molar-refractivity contribution is 9.10. The summed E-state index contributed by atoms with van der Waals surface area (Å²) < 4.78 is 4.35. The summed E-state index contributed by atoms with van der Waals surface area (Å²) in [6, 6.07) is 26.6. The zero-order valence-electron chi connectivity index (χ0n) is 18.6. The van der Waals surface area contributed by atoms with Crippen LogP contribution in [0.25, 0.3) is 39.2 Å². The first-order valence-electron chi connectivity index (χ1n) is 11.0. The second-order valence-corrected chi connectivity index (χ2v) is 9.89. The summed E-state index contributed by atoms with van der Waals surface area (Å²) in [7, 11) is 0. The van der Waals surface area contributed by atoms with E-state index in [9.17, 15) is 9.59 Å². The molecule has 9 heteroatoms. The lowest BCUT2D eigenvalue weighted by molar-refractivity contribution is 0.873. The molecule has 6 rings (SSSR count). The number of para-hydroxylation sites is 1. The van der Waals surface area contributed by atoms with E-state index in [4.69, 9.17) is 5.10 Å². The van der Waals surface area contributed by atoms with Crippen LogP contribution in [0, 0.1) is 0 Å². The Morgan fingerprint density at radius 1 is 0.778 bits per heavy atom. The molecule has 0 aliphatic carbocycles. The first-order chi connectivity index (χ1) is 17.6. The lowest BCUT2D eigenvalue weighted by atomic mass is 10.1. The highest BCUT2D eigenvalue weighted by Gasteiger charge is 2.15. The highest BCUT2D eigenvalue weighted by Crippen LogP contribution is 2.26. The second kappa shape index (κ2) is 9.10. The number of aromatic nitrogens is 5. The standard InChI is InChI=1S/C27H16BrN5O2S/c28-20-13-11-18(12-14-20)23-19(16-32(30-23)21-9-5-2-6-10-21)15-22-26(35)33-27(36-22)29-25(34)24(31-33)17-7-3-1-4-8-17/h1-16H/b22-15-. The fraction of sp³-hybridized carbons (Fsp3) is 0. The first kappa shape index (κ1) is 22.3. The minimum absolute atomic E-state index is 0.141. The molecule has 0 saturated carbocycles. The molecule has 0 spiro atoms. The van der Waals surface area contributed by atoms with Gasteiger partial charge in [-0.1, -0.05) is 87.9 Å². The van der Waals surface area contributed by atoms with E-state index in [1.54, 1.807) is 22.9 Å². The molecule has 0 atom stereocenters. The van der Waals surface area contributed by atoms with Crippen LogP contribution in [0.3, 0.4) is 0 Å². The van der Waals surface area contributed by atoms with E-state index < -0.39 is 5.56 Å². The minimum atomic E-state index is -0.471. The van der Waals surface area contributed by atoms with Crippen LogP contribution in [0.2, 0.25) is 0 Å². The summed E-state index contributed by atoms with van der Waals surface area (Å²) in [6.45, 7) is 0. The van der Waals surface area contributed by atoms with Crippen molar-refractivity contribution in [2.45, 2.75) is 0 Å². The molecule has 3 aromatic carbocycles.